The number of rotatable bonds is 12. The maximum Gasteiger partial charge on any atom is 0.469 e. The number of phosphoric acid groups is 1. The molecule has 1 atom stereocenters. The van der Waals surface area contributed by atoms with E-state index in [9.17, 15) is 9.36 Å². The molecule has 10 heteroatoms. The van der Waals surface area contributed by atoms with Crippen molar-refractivity contribution in [3.05, 3.63) is 41.6 Å². The van der Waals surface area contributed by atoms with E-state index in [1.807, 2.05) is 18.3 Å². The zero-order valence-corrected chi connectivity index (χ0v) is 18.5. The number of aliphatic imine (C=N–C) groups is 1. The monoisotopic (exact) mass is 451 g/mol. The molecule has 1 amide bonds. The van der Waals surface area contributed by atoms with Crippen molar-refractivity contribution >= 4 is 42.0 Å². The van der Waals surface area contributed by atoms with Crippen molar-refractivity contribution in [2.24, 2.45) is 4.99 Å². The Labute approximate surface area is 181 Å². The molecule has 0 aliphatic carbocycles. The largest absolute Gasteiger partial charge is 0.469 e. The highest BCUT2D eigenvalue weighted by atomic mass is 32.1. The molecule has 0 radical (unpaired) electrons. The van der Waals surface area contributed by atoms with Gasteiger partial charge in [-0.15, -0.1) is 0 Å². The van der Waals surface area contributed by atoms with E-state index >= 15 is 0 Å². The lowest BCUT2D eigenvalue weighted by atomic mass is 9.98. The van der Waals surface area contributed by atoms with Crippen LogP contribution in [0.3, 0.4) is 0 Å². The van der Waals surface area contributed by atoms with Crippen molar-refractivity contribution in [3.8, 4) is 0 Å². The summed E-state index contributed by atoms with van der Waals surface area (Å²) in [5.74, 6) is 0.138. The van der Waals surface area contributed by atoms with E-state index in [0.717, 1.165) is 28.5 Å². The van der Waals surface area contributed by atoms with Gasteiger partial charge in [0.15, 0.2) is 0 Å². The van der Waals surface area contributed by atoms with Crippen LogP contribution < -0.4 is 5.32 Å². The van der Waals surface area contributed by atoms with Gasteiger partial charge in [0.1, 0.15) is 0 Å². The first kappa shape index (κ1) is 24.3. The molecule has 1 unspecified atom stereocenters. The summed E-state index contributed by atoms with van der Waals surface area (Å²) in [7, 11) is -4.44. The Morgan fingerprint density at radius 2 is 2.17 bits per heavy atom. The molecule has 1 aromatic carbocycles. The van der Waals surface area contributed by atoms with Gasteiger partial charge in [0.05, 0.1) is 23.8 Å². The number of fused-ring (bicyclic) bond motifs is 1. The van der Waals surface area contributed by atoms with Crippen LogP contribution in [0.1, 0.15) is 43.2 Å². The minimum Gasteiger partial charge on any atom is -0.356 e. The standard InChI is InChI=1S/C20H26N3O5PS/c1-15(12-21-14-30)17-6-7-19-18(11-17)10-16(13-23-19)4-2-5-20(24)22-8-3-9-28-29(25,26)27/h6-7,10-11,13,15H,2-5,8-9,12H2,1H3,(H,22,24)(H2,25,26,27). The molecule has 0 fully saturated rings. The summed E-state index contributed by atoms with van der Waals surface area (Å²) in [4.78, 5) is 37.5. The van der Waals surface area contributed by atoms with Crippen LogP contribution in [0.5, 0.6) is 0 Å². The van der Waals surface area contributed by atoms with E-state index in [-0.39, 0.29) is 18.4 Å². The van der Waals surface area contributed by atoms with Crippen molar-refractivity contribution in [2.45, 2.75) is 38.5 Å². The molecule has 0 aliphatic rings. The molecule has 2 aromatic rings. The second-order valence-electron chi connectivity index (χ2n) is 7.01. The molecule has 0 saturated carbocycles. The van der Waals surface area contributed by atoms with Crippen molar-refractivity contribution in [3.63, 3.8) is 0 Å². The third-order valence-electron chi connectivity index (χ3n) is 4.53. The first-order chi connectivity index (χ1) is 14.3. The lowest BCUT2D eigenvalue weighted by molar-refractivity contribution is -0.121. The predicted octanol–water partition coefficient (Wildman–Crippen LogP) is 3.38. The number of carbonyl (C=O) groups is 1. The van der Waals surface area contributed by atoms with Crippen LogP contribution in [0.15, 0.2) is 35.5 Å². The normalized spacial score (nSPS) is 12.4. The van der Waals surface area contributed by atoms with Gasteiger partial charge in [-0.25, -0.2) is 9.56 Å². The van der Waals surface area contributed by atoms with Crippen molar-refractivity contribution in [1.29, 1.82) is 0 Å². The molecule has 0 saturated heterocycles. The Morgan fingerprint density at radius 3 is 2.90 bits per heavy atom. The van der Waals surface area contributed by atoms with Crippen LogP contribution in [0.4, 0.5) is 0 Å². The van der Waals surface area contributed by atoms with Gasteiger partial charge in [-0.05, 0) is 60.8 Å². The molecular formula is C20H26N3O5PS. The van der Waals surface area contributed by atoms with Crippen LogP contribution in [0, 0.1) is 0 Å². The molecule has 0 bridgehead atoms. The van der Waals surface area contributed by atoms with E-state index in [1.54, 1.807) is 0 Å². The molecule has 1 aromatic heterocycles. The molecule has 162 valence electrons. The second kappa shape index (κ2) is 12.0. The molecule has 30 heavy (non-hydrogen) atoms. The number of phosphoric ester groups is 1. The van der Waals surface area contributed by atoms with E-state index < -0.39 is 7.82 Å². The zero-order chi connectivity index (χ0) is 22.0. The summed E-state index contributed by atoms with van der Waals surface area (Å²) in [5.41, 5.74) is 3.15. The summed E-state index contributed by atoms with van der Waals surface area (Å²) >= 11 is 4.63. The number of hydrogen-bond acceptors (Lipinski definition) is 6. The van der Waals surface area contributed by atoms with Crippen LogP contribution >= 0.6 is 20.0 Å². The Bertz CT molecular complexity index is 959. The number of amides is 1. The average molecular weight is 451 g/mol. The number of nitrogens with one attached hydrogen (secondary N) is 1. The van der Waals surface area contributed by atoms with Gasteiger partial charge in [0.2, 0.25) is 5.91 Å². The number of aryl methyl sites for hydroxylation is 1. The molecule has 0 aliphatic heterocycles. The Morgan fingerprint density at radius 1 is 1.37 bits per heavy atom. The fourth-order valence-corrected chi connectivity index (χ4v) is 3.38. The van der Waals surface area contributed by atoms with Crippen LogP contribution in [-0.4, -0.2) is 45.5 Å². The average Bonchev–Trinajstić information content (AvgIpc) is 2.70. The maximum atomic E-state index is 11.9. The van der Waals surface area contributed by atoms with Gasteiger partial charge in [-0.1, -0.05) is 13.0 Å². The molecule has 1 heterocycles. The Hall–Kier alpha value is -1.99. The smallest absolute Gasteiger partial charge is 0.356 e. The molecule has 2 rings (SSSR count). The highest BCUT2D eigenvalue weighted by molar-refractivity contribution is 7.78. The molecule has 8 nitrogen and oxygen atoms in total. The van der Waals surface area contributed by atoms with E-state index in [1.165, 1.54) is 0 Å². The van der Waals surface area contributed by atoms with Crippen LogP contribution in [0.25, 0.3) is 10.9 Å². The fourth-order valence-electron chi connectivity index (χ4n) is 2.94. The van der Waals surface area contributed by atoms with Gasteiger partial charge in [-0.3, -0.25) is 14.3 Å². The van der Waals surface area contributed by atoms with Crippen molar-refractivity contribution < 1.29 is 23.7 Å². The third-order valence-corrected chi connectivity index (χ3v) is 5.18. The first-order valence-electron chi connectivity index (χ1n) is 9.67. The lowest BCUT2D eigenvalue weighted by Crippen LogP contribution is -2.24. The maximum absolute atomic E-state index is 11.9. The topological polar surface area (TPSA) is 121 Å². The molecule has 3 N–H and O–H groups in total. The summed E-state index contributed by atoms with van der Waals surface area (Å²) in [6.07, 6.45) is 3.94. The second-order valence-corrected chi connectivity index (χ2v) is 8.43. The van der Waals surface area contributed by atoms with Crippen molar-refractivity contribution in [2.75, 3.05) is 19.7 Å². The number of benzene rings is 1. The minimum atomic E-state index is -4.44. The highest BCUT2D eigenvalue weighted by Gasteiger charge is 2.12. The summed E-state index contributed by atoms with van der Waals surface area (Å²) in [5, 5.41) is 6.16. The minimum absolute atomic E-state index is 0.102. The number of nitrogens with zero attached hydrogens (tertiary/aromatic N) is 2. The Balaban J connectivity index is 1.80. The molecule has 0 spiro atoms. The Kier molecular flexibility index (Phi) is 9.72. The fraction of sp³-hybridized carbons (Fsp3) is 0.450. The quantitative estimate of drug-likeness (QED) is 0.196. The number of aromatic nitrogens is 1. The van der Waals surface area contributed by atoms with Gasteiger partial charge in [0, 0.05) is 30.5 Å². The van der Waals surface area contributed by atoms with Gasteiger partial charge < -0.3 is 15.1 Å². The number of hydrogen-bond donors (Lipinski definition) is 3. The van der Waals surface area contributed by atoms with Crippen molar-refractivity contribution in [1.82, 2.24) is 10.3 Å². The third kappa shape index (κ3) is 8.79. The van der Waals surface area contributed by atoms with E-state index in [0.29, 0.717) is 32.4 Å². The number of carbonyl (C=O) groups excluding carboxylic acids is 1. The molecular weight excluding hydrogens is 425 g/mol. The number of pyridine rings is 1. The first-order valence-corrected chi connectivity index (χ1v) is 11.6. The number of isothiocyanates is 1. The van der Waals surface area contributed by atoms with E-state index in [2.05, 4.69) is 56.3 Å². The van der Waals surface area contributed by atoms with Gasteiger partial charge in [-0.2, -0.15) is 0 Å². The zero-order valence-electron chi connectivity index (χ0n) is 16.8. The lowest BCUT2D eigenvalue weighted by Gasteiger charge is -2.10. The van der Waals surface area contributed by atoms with Crippen LogP contribution in [-0.2, 0) is 20.3 Å². The van der Waals surface area contributed by atoms with Gasteiger partial charge >= 0.3 is 7.82 Å². The van der Waals surface area contributed by atoms with Crippen LogP contribution in [0.2, 0.25) is 0 Å². The predicted molar refractivity (Wildman–Crippen MR) is 119 cm³/mol. The highest BCUT2D eigenvalue weighted by Crippen LogP contribution is 2.35. The SMILES string of the molecule is CC(CN=C=S)c1ccc2ncc(CCCC(=O)NCCCOP(=O)(O)O)cc2c1. The number of thiocarbonyl (C=S) groups is 1. The summed E-state index contributed by atoms with van der Waals surface area (Å²) in [6.45, 7) is 2.89. The van der Waals surface area contributed by atoms with Gasteiger partial charge in [0.25, 0.3) is 0 Å². The summed E-state index contributed by atoms with van der Waals surface area (Å²) in [6, 6.07) is 8.25. The van der Waals surface area contributed by atoms with E-state index in [4.69, 9.17) is 9.79 Å². The summed E-state index contributed by atoms with van der Waals surface area (Å²) < 4.78 is 14.9.